The molecule has 5 nitrogen and oxygen atoms in total. The number of hydrogen-bond donors (Lipinski definition) is 2. The van der Waals surface area contributed by atoms with E-state index in [-0.39, 0.29) is 23.3 Å². The Labute approximate surface area is 109 Å². The first kappa shape index (κ1) is 15.0. The van der Waals surface area contributed by atoms with Crippen LogP contribution >= 0.6 is 0 Å². The van der Waals surface area contributed by atoms with Crippen LogP contribution in [0, 0.1) is 5.41 Å². The minimum atomic E-state index is -0.533. The first-order chi connectivity index (χ1) is 8.21. The lowest BCUT2D eigenvalue weighted by Crippen LogP contribution is -2.52. The normalized spacial score (nSPS) is 19.8. The van der Waals surface area contributed by atoms with Gasteiger partial charge in [0.2, 0.25) is 11.8 Å². The monoisotopic (exact) mass is 255 g/mol. The summed E-state index contributed by atoms with van der Waals surface area (Å²) in [6, 6.07) is -0.595. The molecule has 0 aliphatic carbocycles. The summed E-state index contributed by atoms with van der Waals surface area (Å²) in [7, 11) is 0. The summed E-state index contributed by atoms with van der Waals surface area (Å²) in [5.41, 5.74) is 5.63. The summed E-state index contributed by atoms with van der Waals surface area (Å²) < 4.78 is 0. The summed E-state index contributed by atoms with van der Waals surface area (Å²) >= 11 is 0. The van der Waals surface area contributed by atoms with Crippen molar-refractivity contribution in [3.05, 3.63) is 0 Å². The Morgan fingerprint density at radius 2 is 2.11 bits per heavy atom. The molecule has 3 N–H and O–H groups in total. The highest BCUT2D eigenvalue weighted by molar-refractivity contribution is 5.82. The van der Waals surface area contributed by atoms with Crippen LogP contribution < -0.4 is 11.1 Å². The third-order valence-electron chi connectivity index (χ3n) is 3.27. The predicted molar refractivity (Wildman–Crippen MR) is 70.8 cm³/mol. The lowest BCUT2D eigenvalue weighted by molar-refractivity contribution is -0.129. The van der Waals surface area contributed by atoms with E-state index >= 15 is 0 Å². The van der Waals surface area contributed by atoms with Gasteiger partial charge in [0.15, 0.2) is 0 Å². The molecule has 104 valence electrons. The Morgan fingerprint density at radius 3 is 2.56 bits per heavy atom. The third kappa shape index (κ3) is 3.98. The van der Waals surface area contributed by atoms with Gasteiger partial charge in [0, 0.05) is 25.6 Å². The Bertz CT molecular complexity index is 323. The van der Waals surface area contributed by atoms with E-state index in [1.807, 2.05) is 27.7 Å². The molecule has 1 aliphatic heterocycles. The Hall–Kier alpha value is -1.10. The van der Waals surface area contributed by atoms with Gasteiger partial charge in [-0.2, -0.15) is 0 Å². The van der Waals surface area contributed by atoms with Crippen LogP contribution in [-0.2, 0) is 9.59 Å². The van der Waals surface area contributed by atoms with Gasteiger partial charge in [0.05, 0.1) is 6.04 Å². The maximum absolute atomic E-state index is 11.9. The van der Waals surface area contributed by atoms with Crippen molar-refractivity contribution in [3.8, 4) is 0 Å². The summed E-state index contributed by atoms with van der Waals surface area (Å²) in [4.78, 5) is 25.2. The van der Waals surface area contributed by atoms with E-state index in [1.165, 1.54) is 0 Å². The molecule has 1 heterocycles. The van der Waals surface area contributed by atoms with Crippen molar-refractivity contribution < 1.29 is 9.59 Å². The standard InChI is InChI=1S/C13H25N3O2/c1-9(8-16-7-5-6-10(16)17)15-12(18)11(14)13(2,3)4/h9,11H,5-8,14H2,1-4H3,(H,15,18). The molecule has 5 heteroatoms. The van der Waals surface area contributed by atoms with Crippen LogP contribution in [0.1, 0.15) is 40.5 Å². The van der Waals surface area contributed by atoms with Gasteiger partial charge in [-0.25, -0.2) is 0 Å². The fourth-order valence-electron chi connectivity index (χ4n) is 2.00. The quantitative estimate of drug-likeness (QED) is 0.767. The number of nitrogens with one attached hydrogen (secondary N) is 1. The van der Waals surface area contributed by atoms with Crippen molar-refractivity contribution >= 4 is 11.8 Å². The lowest BCUT2D eigenvalue weighted by atomic mass is 9.87. The number of hydrogen-bond acceptors (Lipinski definition) is 3. The van der Waals surface area contributed by atoms with E-state index in [4.69, 9.17) is 5.73 Å². The van der Waals surface area contributed by atoms with Crippen LogP contribution in [0.2, 0.25) is 0 Å². The second kappa shape index (κ2) is 5.69. The average molecular weight is 255 g/mol. The molecule has 1 saturated heterocycles. The molecule has 2 amide bonds. The maximum Gasteiger partial charge on any atom is 0.237 e. The highest BCUT2D eigenvalue weighted by Gasteiger charge is 2.29. The van der Waals surface area contributed by atoms with Crippen molar-refractivity contribution in [2.45, 2.75) is 52.6 Å². The number of amides is 2. The molecular formula is C13H25N3O2. The summed E-state index contributed by atoms with van der Waals surface area (Å²) in [6.45, 7) is 9.08. The zero-order valence-electron chi connectivity index (χ0n) is 11.8. The van der Waals surface area contributed by atoms with E-state index in [0.717, 1.165) is 13.0 Å². The Morgan fingerprint density at radius 1 is 1.50 bits per heavy atom. The van der Waals surface area contributed by atoms with E-state index in [1.54, 1.807) is 4.90 Å². The van der Waals surface area contributed by atoms with Gasteiger partial charge in [-0.1, -0.05) is 20.8 Å². The van der Waals surface area contributed by atoms with Crippen molar-refractivity contribution in [2.75, 3.05) is 13.1 Å². The number of rotatable bonds is 4. The second-order valence-electron chi connectivity index (χ2n) is 6.20. The second-order valence-corrected chi connectivity index (χ2v) is 6.20. The van der Waals surface area contributed by atoms with Crippen LogP contribution in [0.25, 0.3) is 0 Å². The first-order valence-corrected chi connectivity index (χ1v) is 6.55. The molecule has 1 rings (SSSR count). The van der Waals surface area contributed by atoms with Crippen molar-refractivity contribution in [1.82, 2.24) is 10.2 Å². The van der Waals surface area contributed by atoms with Gasteiger partial charge < -0.3 is 16.0 Å². The third-order valence-corrected chi connectivity index (χ3v) is 3.27. The number of nitrogens with two attached hydrogens (primary N) is 1. The van der Waals surface area contributed by atoms with Crippen LogP contribution in [0.5, 0.6) is 0 Å². The van der Waals surface area contributed by atoms with Gasteiger partial charge >= 0.3 is 0 Å². The SMILES string of the molecule is CC(CN1CCCC1=O)NC(=O)C(N)C(C)(C)C. The Kier molecular flexibility index (Phi) is 4.73. The molecule has 0 radical (unpaired) electrons. The molecule has 0 spiro atoms. The van der Waals surface area contributed by atoms with Gasteiger partial charge in [-0.05, 0) is 18.8 Å². The zero-order valence-corrected chi connectivity index (χ0v) is 11.8. The summed E-state index contributed by atoms with van der Waals surface area (Å²) in [5.74, 6) is 0.0258. The molecule has 2 unspecified atom stereocenters. The molecule has 1 aliphatic rings. The molecule has 0 bridgehead atoms. The van der Waals surface area contributed by atoms with Gasteiger partial charge in [0.25, 0.3) is 0 Å². The van der Waals surface area contributed by atoms with Crippen molar-refractivity contribution in [3.63, 3.8) is 0 Å². The van der Waals surface area contributed by atoms with Crippen LogP contribution in [0.4, 0.5) is 0 Å². The molecule has 0 aromatic carbocycles. The molecule has 1 fully saturated rings. The minimum absolute atomic E-state index is 0.0621. The van der Waals surface area contributed by atoms with Crippen LogP contribution in [0.15, 0.2) is 0 Å². The Balaban J connectivity index is 2.42. The van der Waals surface area contributed by atoms with E-state index in [9.17, 15) is 9.59 Å². The molecular weight excluding hydrogens is 230 g/mol. The lowest BCUT2D eigenvalue weighted by Gasteiger charge is -2.28. The highest BCUT2D eigenvalue weighted by atomic mass is 16.2. The fourth-order valence-corrected chi connectivity index (χ4v) is 2.00. The molecule has 0 aromatic rings. The summed E-state index contributed by atoms with van der Waals surface area (Å²) in [5, 5.41) is 2.88. The van der Waals surface area contributed by atoms with E-state index in [0.29, 0.717) is 13.0 Å². The van der Waals surface area contributed by atoms with Gasteiger partial charge in [-0.15, -0.1) is 0 Å². The topological polar surface area (TPSA) is 75.4 Å². The highest BCUT2D eigenvalue weighted by Crippen LogP contribution is 2.17. The molecule has 0 saturated carbocycles. The molecule has 2 atom stereocenters. The first-order valence-electron chi connectivity index (χ1n) is 6.55. The number of nitrogens with zero attached hydrogens (tertiary/aromatic N) is 1. The zero-order chi connectivity index (χ0) is 13.9. The fraction of sp³-hybridized carbons (Fsp3) is 0.846. The number of likely N-dealkylation sites (tertiary alicyclic amines) is 1. The predicted octanol–water partition coefficient (Wildman–Crippen LogP) is 0.487. The maximum atomic E-state index is 11.9. The largest absolute Gasteiger partial charge is 0.351 e. The summed E-state index contributed by atoms with van der Waals surface area (Å²) in [6.07, 6.45) is 1.54. The van der Waals surface area contributed by atoms with Crippen LogP contribution in [0.3, 0.4) is 0 Å². The van der Waals surface area contributed by atoms with E-state index < -0.39 is 6.04 Å². The van der Waals surface area contributed by atoms with Gasteiger partial charge in [0.1, 0.15) is 0 Å². The smallest absolute Gasteiger partial charge is 0.237 e. The molecule has 18 heavy (non-hydrogen) atoms. The van der Waals surface area contributed by atoms with Crippen molar-refractivity contribution in [2.24, 2.45) is 11.1 Å². The minimum Gasteiger partial charge on any atom is -0.351 e. The number of carbonyl (C=O) groups excluding carboxylic acids is 2. The van der Waals surface area contributed by atoms with Crippen molar-refractivity contribution in [1.29, 1.82) is 0 Å². The number of carbonyl (C=O) groups is 2. The van der Waals surface area contributed by atoms with Gasteiger partial charge in [-0.3, -0.25) is 9.59 Å². The van der Waals surface area contributed by atoms with Crippen LogP contribution in [-0.4, -0.2) is 41.9 Å². The van der Waals surface area contributed by atoms with E-state index in [2.05, 4.69) is 5.32 Å². The molecule has 0 aromatic heterocycles. The average Bonchev–Trinajstić information content (AvgIpc) is 2.61.